The Bertz CT molecular complexity index is 729. The highest BCUT2D eigenvalue weighted by Crippen LogP contribution is 2.24. The maximum absolute atomic E-state index is 12.3. The van der Waals surface area contributed by atoms with E-state index in [1.54, 1.807) is 12.1 Å². The Morgan fingerprint density at radius 3 is 2.44 bits per heavy atom. The first kappa shape index (κ1) is 19.1. The summed E-state index contributed by atoms with van der Waals surface area (Å²) in [5.74, 6) is 3.62. The Morgan fingerprint density at radius 1 is 1.28 bits per heavy atom. The lowest BCUT2D eigenvalue weighted by atomic mass is 9.96. The topological polar surface area (TPSA) is 136 Å². The molecule has 25 heavy (non-hydrogen) atoms. The van der Waals surface area contributed by atoms with Crippen molar-refractivity contribution in [2.75, 3.05) is 18.1 Å². The van der Waals surface area contributed by atoms with E-state index in [9.17, 15) is 18.9 Å². The van der Waals surface area contributed by atoms with Crippen molar-refractivity contribution in [2.45, 2.75) is 18.1 Å². The van der Waals surface area contributed by atoms with Gasteiger partial charge in [0.05, 0.1) is 18.1 Å². The van der Waals surface area contributed by atoms with Crippen LogP contribution in [0.5, 0.6) is 0 Å². The lowest BCUT2D eigenvalue weighted by Gasteiger charge is -2.40. The summed E-state index contributed by atoms with van der Waals surface area (Å²) in [6.45, 7) is -0.0322. The summed E-state index contributed by atoms with van der Waals surface area (Å²) in [7, 11) is -1.26. The van der Waals surface area contributed by atoms with E-state index in [-0.39, 0.29) is 23.7 Å². The van der Waals surface area contributed by atoms with E-state index in [4.69, 9.17) is 10.3 Å². The lowest BCUT2D eigenvalue weighted by molar-refractivity contribution is -0.136. The molecule has 0 spiro atoms. The SMILES string of the molecule is O=C(NC(C(=O)NO)C1(O)CS(=O)C1)c1ccc(C#CCCO)cc1. The van der Waals surface area contributed by atoms with Crippen molar-refractivity contribution >= 4 is 22.6 Å². The average Bonchev–Trinajstić information content (AvgIpc) is 2.58. The molecule has 9 heteroatoms. The molecule has 1 heterocycles. The number of amides is 2. The molecule has 2 amide bonds. The van der Waals surface area contributed by atoms with Crippen LogP contribution in [0.4, 0.5) is 0 Å². The number of carbonyl (C=O) groups excluding carboxylic acids is 2. The van der Waals surface area contributed by atoms with Gasteiger partial charge in [0.15, 0.2) is 0 Å². The molecule has 0 aromatic heterocycles. The number of benzene rings is 1. The van der Waals surface area contributed by atoms with Gasteiger partial charge in [0.1, 0.15) is 11.6 Å². The first-order chi connectivity index (χ1) is 11.9. The van der Waals surface area contributed by atoms with Gasteiger partial charge in [-0.05, 0) is 24.3 Å². The van der Waals surface area contributed by atoms with Crippen LogP contribution in [-0.4, -0.2) is 61.2 Å². The van der Waals surface area contributed by atoms with Crippen LogP contribution in [0.1, 0.15) is 22.3 Å². The monoisotopic (exact) mass is 366 g/mol. The van der Waals surface area contributed by atoms with Crippen LogP contribution < -0.4 is 10.8 Å². The Balaban J connectivity index is 2.09. The summed E-state index contributed by atoms with van der Waals surface area (Å²) < 4.78 is 11.2. The van der Waals surface area contributed by atoms with Gasteiger partial charge < -0.3 is 15.5 Å². The summed E-state index contributed by atoms with van der Waals surface area (Å²) in [6, 6.07) is 4.78. The number of aliphatic hydroxyl groups is 2. The number of nitrogens with one attached hydrogen (secondary N) is 2. The second kappa shape index (κ2) is 8.22. The van der Waals surface area contributed by atoms with Gasteiger partial charge in [-0.2, -0.15) is 0 Å². The second-order valence-electron chi connectivity index (χ2n) is 5.57. The molecule has 0 saturated carbocycles. The quantitative estimate of drug-likeness (QED) is 0.245. The predicted molar refractivity (Wildman–Crippen MR) is 89.0 cm³/mol. The minimum atomic E-state index is -1.66. The molecule has 1 atom stereocenters. The van der Waals surface area contributed by atoms with Gasteiger partial charge >= 0.3 is 0 Å². The van der Waals surface area contributed by atoms with E-state index < -0.39 is 34.3 Å². The van der Waals surface area contributed by atoms with Crippen LogP contribution in [0.3, 0.4) is 0 Å². The second-order valence-corrected chi connectivity index (χ2v) is 7.02. The number of hydroxylamine groups is 1. The van der Waals surface area contributed by atoms with E-state index in [2.05, 4.69) is 17.2 Å². The number of hydrogen-bond acceptors (Lipinski definition) is 6. The van der Waals surface area contributed by atoms with Gasteiger partial charge in [0.2, 0.25) is 0 Å². The van der Waals surface area contributed by atoms with Crippen molar-refractivity contribution in [2.24, 2.45) is 0 Å². The molecule has 1 fully saturated rings. The van der Waals surface area contributed by atoms with Gasteiger partial charge in [0.25, 0.3) is 11.8 Å². The zero-order valence-electron chi connectivity index (χ0n) is 13.2. The van der Waals surface area contributed by atoms with Gasteiger partial charge in [0, 0.05) is 28.3 Å². The van der Waals surface area contributed by atoms with Crippen LogP contribution in [-0.2, 0) is 15.6 Å². The zero-order chi connectivity index (χ0) is 18.4. The molecular formula is C16H18N2O6S. The minimum absolute atomic E-state index is 0.0322. The smallest absolute Gasteiger partial charge is 0.268 e. The third kappa shape index (κ3) is 4.64. The molecule has 0 bridgehead atoms. The molecule has 1 unspecified atom stereocenters. The summed E-state index contributed by atoms with van der Waals surface area (Å²) in [4.78, 5) is 24.0. The fraction of sp³-hybridized carbons (Fsp3) is 0.375. The van der Waals surface area contributed by atoms with Gasteiger partial charge in [-0.3, -0.25) is 19.0 Å². The molecule has 8 nitrogen and oxygen atoms in total. The molecule has 2 rings (SSSR count). The van der Waals surface area contributed by atoms with E-state index in [0.717, 1.165) is 0 Å². The molecule has 0 aliphatic carbocycles. The zero-order valence-corrected chi connectivity index (χ0v) is 14.0. The average molecular weight is 366 g/mol. The van der Waals surface area contributed by atoms with Crippen LogP contribution in [0, 0.1) is 11.8 Å². The van der Waals surface area contributed by atoms with Crippen molar-refractivity contribution in [3.8, 4) is 11.8 Å². The van der Waals surface area contributed by atoms with Crippen LogP contribution >= 0.6 is 0 Å². The molecule has 1 saturated heterocycles. The fourth-order valence-corrected chi connectivity index (χ4v) is 3.69. The van der Waals surface area contributed by atoms with Crippen molar-refractivity contribution in [3.63, 3.8) is 0 Å². The molecule has 0 radical (unpaired) electrons. The first-order valence-electron chi connectivity index (χ1n) is 7.41. The number of rotatable bonds is 5. The van der Waals surface area contributed by atoms with Crippen molar-refractivity contribution in [3.05, 3.63) is 35.4 Å². The lowest BCUT2D eigenvalue weighted by Crippen LogP contribution is -2.69. The Morgan fingerprint density at radius 2 is 1.92 bits per heavy atom. The summed E-state index contributed by atoms with van der Waals surface area (Å²) >= 11 is 0. The van der Waals surface area contributed by atoms with E-state index in [1.807, 2.05) is 0 Å². The standard InChI is InChI=1S/C16H18N2O6S/c19-8-2-1-3-11-4-6-12(7-5-11)14(20)17-13(15(21)18-23)16(22)9-25(24)10-16/h4-7,13,19,22-23H,2,8-10H2,(H,17,20)(H,18,21). The predicted octanol–water partition coefficient (Wildman–Crippen LogP) is -1.48. The van der Waals surface area contributed by atoms with Crippen molar-refractivity contribution < 1.29 is 29.2 Å². The number of aliphatic hydroxyl groups excluding tert-OH is 1. The first-order valence-corrected chi connectivity index (χ1v) is 8.90. The Labute approximate surface area is 146 Å². The molecule has 134 valence electrons. The number of hydrogen-bond donors (Lipinski definition) is 5. The van der Waals surface area contributed by atoms with Gasteiger partial charge in [-0.1, -0.05) is 11.8 Å². The largest absolute Gasteiger partial charge is 0.395 e. The molecule has 1 aromatic rings. The minimum Gasteiger partial charge on any atom is -0.395 e. The normalized spacial score (nSPS) is 22.8. The highest BCUT2D eigenvalue weighted by Gasteiger charge is 2.51. The van der Waals surface area contributed by atoms with Gasteiger partial charge in [-0.15, -0.1) is 0 Å². The van der Waals surface area contributed by atoms with Crippen LogP contribution in [0.25, 0.3) is 0 Å². The van der Waals surface area contributed by atoms with Crippen molar-refractivity contribution in [1.29, 1.82) is 0 Å². The Hall–Kier alpha value is -2.25. The van der Waals surface area contributed by atoms with Gasteiger partial charge in [-0.25, -0.2) is 5.48 Å². The van der Waals surface area contributed by atoms with E-state index in [0.29, 0.717) is 12.0 Å². The molecule has 1 aromatic carbocycles. The molecular weight excluding hydrogens is 348 g/mol. The summed E-state index contributed by atoms with van der Waals surface area (Å²) in [5.41, 5.74) is 0.618. The van der Waals surface area contributed by atoms with Crippen LogP contribution in [0.15, 0.2) is 24.3 Å². The highest BCUT2D eigenvalue weighted by molar-refractivity contribution is 7.86. The maximum Gasteiger partial charge on any atom is 0.268 e. The molecule has 1 aliphatic rings. The Kier molecular flexibility index (Phi) is 6.27. The third-order valence-electron chi connectivity index (χ3n) is 3.62. The van der Waals surface area contributed by atoms with E-state index >= 15 is 0 Å². The third-order valence-corrected chi connectivity index (χ3v) is 5.27. The summed E-state index contributed by atoms with van der Waals surface area (Å²) in [6.07, 6.45) is 0.347. The summed E-state index contributed by atoms with van der Waals surface area (Å²) in [5, 5.41) is 30.1. The van der Waals surface area contributed by atoms with Crippen LogP contribution in [0.2, 0.25) is 0 Å². The maximum atomic E-state index is 12.3. The number of carbonyl (C=O) groups is 2. The molecule has 1 aliphatic heterocycles. The van der Waals surface area contributed by atoms with E-state index in [1.165, 1.54) is 17.6 Å². The molecule has 5 N–H and O–H groups in total. The fourth-order valence-electron chi connectivity index (χ4n) is 2.33. The highest BCUT2D eigenvalue weighted by atomic mass is 32.2. The van der Waals surface area contributed by atoms with Crippen molar-refractivity contribution in [1.82, 2.24) is 10.8 Å².